The molecule has 0 bridgehead atoms. The van der Waals surface area contributed by atoms with Crippen LogP contribution in [-0.2, 0) is 33.3 Å². The van der Waals surface area contributed by atoms with Gasteiger partial charge in [0, 0.05) is 19.8 Å². The van der Waals surface area contributed by atoms with Crippen molar-refractivity contribution in [2.45, 2.75) is 12.2 Å². The van der Waals surface area contributed by atoms with Crippen LogP contribution in [0.4, 0.5) is 8.78 Å². The van der Waals surface area contributed by atoms with E-state index in [0.717, 1.165) is 6.07 Å². The first-order valence-electron chi connectivity index (χ1n) is 12.6. The smallest absolute Gasteiger partial charge is 0.343 e. The maximum atomic E-state index is 15.8. The fourth-order valence-electron chi connectivity index (χ4n) is 3.68. The lowest BCUT2D eigenvalue weighted by Gasteiger charge is -2.23. The lowest BCUT2D eigenvalue weighted by Crippen LogP contribution is -2.25. The third-order valence-electron chi connectivity index (χ3n) is 5.67. The van der Waals surface area contributed by atoms with E-state index >= 15 is 8.78 Å². The van der Waals surface area contributed by atoms with E-state index in [1.807, 2.05) is 12.1 Å². The number of hydrogen-bond donors (Lipinski definition) is 1. The average Bonchev–Trinajstić information content (AvgIpc) is 3.00. The fraction of sp³-hybridized carbons (Fsp3) is 0.345. The van der Waals surface area contributed by atoms with Crippen molar-refractivity contribution in [1.82, 2.24) is 0 Å². The highest BCUT2D eigenvalue weighted by molar-refractivity contribution is 5.77. The number of halogens is 2. The Hall–Kier alpha value is -3.65. The highest BCUT2D eigenvalue weighted by Crippen LogP contribution is 2.39. The van der Waals surface area contributed by atoms with E-state index in [1.165, 1.54) is 14.2 Å². The van der Waals surface area contributed by atoms with Gasteiger partial charge in [-0.1, -0.05) is 60.7 Å². The Kier molecular flexibility index (Phi) is 13.4. The van der Waals surface area contributed by atoms with Crippen LogP contribution in [0.2, 0.25) is 0 Å². The van der Waals surface area contributed by atoms with E-state index in [4.69, 9.17) is 43.9 Å². The standard InChI is InChI=1S/C29H33F2NO9/c1-34-13-15-36-18-38-27-23(30)17-22(24(31)28(27)39-19-37-16-14-35-2)26(41-32)29(33)40-25(20-9-5-3-6-10-20)21-11-7-4-8-12-21/h3-12,17,25-26H,13-16,18-19,32H2,1-2H3. The number of rotatable bonds is 18. The van der Waals surface area contributed by atoms with Crippen molar-refractivity contribution in [2.24, 2.45) is 5.90 Å². The molecule has 0 aliphatic heterocycles. The van der Waals surface area contributed by atoms with E-state index in [0.29, 0.717) is 11.1 Å². The Bertz CT molecular complexity index is 1160. The van der Waals surface area contributed by atoms with Gasteiger partial charge in [0.15, 0.2) is 31.3 Å². The molecule has 2 N–H and O–H groups in total. The van der Waals surface area contributed by atoms with Gasteiger partial charge in [-0.05, 0) is 17.2 Å². The van der Waals surface area contributed by atoms with Gasteiger partial charge in [0.1, 0.15) is 0 Å². The molecular weight excluding hydrogens is 544 g/mol. The first kappa shape index (κ1) is 31.9. The summed E-state index contributed by atoms with van der Waals surface area (Å²) in [4.78, 5) is 18.2. The van der Waals surface area contributed by atoms with E-state index in [-0.39, 0.29) is 26.4 Å². The van der Waals surface area contributed by atoms with Crippen LogP contribution >= 0.6 is 0 Å². The molecule has 3 rings (SSSR count). The van der Waals surface area contributed by atoms with Crippen LogP contribution in [0, 0.1) is 11.6 Å². The van der Waals surface area contributed by atoms with Gasteiger partial charge in [0.05, 0.1) is 26.4 Å². The summed E-state index contributed by atoms with van der Waals surface area (Å²) in [5.41, 5.74) is 0.710. The zero-order valence-corrected chi connectivity index (χ0v) is 22.8. The number of esters is 1. The van der Waals surface area contributed by atoms with Gasteiger partial charge in [0.2, 0.25) is 17.6 Å². The Balaban J connectivity index is 1.90. The van der Waals surface area contributed by atoms with Crippen LogP contribution < -0.4 is 15.4 Å². The van der Waals surface area contributed by atoms with Gasteiger partial charge in [-0.25, -0.2) is 19.5 Å². The predicted molar refractivity (Wildman–Crippen MR) is 142 cm³/mol. The minimum atomic E-state index is -1.86. The minimum absolute atomic E-state index is 0.123. The maximum Gasteiger partial charge on any atom is 0.343 e. The molecule has 222 valence electrons. The number of carbonyl (C=O) groups excluding carboxylic acids is 1. The lowest BCUT2D eigenvalue weighted by molar-refractivity contribution is -0.162. The topological polar surface area (TPSA) is 117 Å². The second kappa shape index (κ2) is 17.2. The SMILES string of the molecule is COCCOCOc1c(F)cc(C(ON)C(=O)OC(c2ccccc2)c2ccccc2)c(F)c1OCOCCOC. The van der Waals surface area contributed by atoms with Crippen molar-refractivity contribution in [3.63, 3.8) is 0 Å². The molecule has 0 amide bonds. The predicted octanol–water partition coefficient (Wildman–Crippen LogP) is 4.23. The van der Waals surface area contributed by atoms with Crippen LogP contribution in [0.25, 0.3) is 0 Å². The molecular formula is C29H33F2NO9. The van der Waals surface area contributed by atoms with Gasteiger partial charge in [-0.3, -0.25) is 4.84 Å². The number of carbonyl (C=O) groups is 1. The zero-order chi connectivity index (χ0) is 29.5. The van der Waals surface area contributed by atoms with Crippen LogP contribution in [0.3, 0.4) is 0 Å². The van der Waals surface area contributed by atoms with Crippen molar-refractivity contribution in [3.8, 4) is 11.5 Å². The third kappa shape index (κ3) is 9.18. The molecule has 0 aromatic heterocycles. The highest BCUT2D eigenvalue weighted by atomic mass is 19.1. The summed E-state index contributed by atoms with van der Waals surface area (Å²) >= 11 is 0. The first-order chi connectivity index (χ1) is 20.0. The van der Waals surface area contributed by atoms with Crippen molar-refractivity contribution in [3.05, 3.63) is 95.1 Å². The summed E-state index contributed by atoms with van der Waals surface area (Å²) in [6, 6.07) is 18.5. The van der Waals surface area contributed by atoms with E-state index in [1.54, 1.807) is 48.5 Å². The third-order valence-corrected chi connectivity index (χ3v) is 5.67. The first-order valence-corrected chi connectivity index (χ1v) is 12.6. The molecule has 0 aliphatic rings. The van der Waals surface area contributed by atoms with E-state index in [9.17, 15) is 4.79 Å². The Morgan fingerprint density at radius 3 is 1.78 bits per heavy atom. The monoisotopic (exact) mass is 577 g/mol. The summed E-state index contributed by atoms with van der Waals surface area (Å²) in [5.74, 6) is 0.832. The molecule has 0 saturated heterocycles. The van der Waals surface area contributed by atoms with Crippen molar-refractivity contribution in [2.75, 3.05) is 54.2 Å². The molecule has 12 heteroatoms. The molecule has 1 unspecified atom stereocenters. The number of nitrogens with two attached hydrogens (primary N) is 1. The summed E-state index contributed by atoms with van der Waals surface area (Å²) in [6.07, 6.45) is -2.74. The molecule has 0 aliphatic carbocycles. The van der Waals surface area contributed by atoms with Crippen molar-refractivity contribution < 1.29 is 51.6 Å². The van der Waals surface area contributed by atoms with Gasteiger partial charge in [-0.2, -0.15) is 0 Å². The van der Waals surface area contributed by atoms with Crippen LogP contribution in [0.15, 0.2) is 66.7 Å². The number of ether oxygens (including phenoxy) is 7. The molecule has 3 aromatic carbocycles. The number of methoxy groups -OCH3 is 2. The molecule has 41 heavy (non-hydrogen) atoms. The summed E-state index contributed by atoms with van der Waals surface area (Å²) < 4.78 is 67.7. The molecule has 0 radical (unpaired) electrons. The molecule has 10 nitrogen and oxygen atoms in total. The summed E-state index contributed by atoms with van der Waals surface area (Å²) in [5, 5.41) is 0. The van der Waals surface area contributed by atoms with Gasteiger partial charge in [0.25, 0.3) is 0 Å². The number of benzene rings is 3. The van der Waals surface area contributed by atoms with Crippen molar-refractivity contribution >= 4 is 5.97 Å². The summed E-state index contributed by atoms with van der Waals surface area (Å²) in [6.45, 7) is -0.135. The Morgan fingerprint density at radius 1 is 0.780 bits per heavy atom. The Labute approximate surface area is 236 Å². The summed E-state index contributed by atoms with van der Waals surface area (Å²) in [7, 11) is 2.96. The van der Waals surface area contributed by atoms with Gasteiger partial charge < -0.3 is 33.2 Å². The fourth-order valence-corrected chi connectivity index (χ4v) is 3.68. The largest absolute Gasteiger partial charge is 0.460 e. The normalized spacial score (nSPS) is 11.9. The van der Waals surface area contributed by atoms with Crippen LogP contribution in [0.5, 0.6) is 11.5 Å². The molecule has 1 atom stereocenters. The van der Waals surface area contributed by atoms with Gasteiger partial charge in [-0.15, -0.1) is 0 Å². The zero-order valence-electron chi connectivity index (χ0n) is 22.8. The second-order valence-electron chi connectivity index (χ2n) is 8.40. The molecule has 3 aromatic rings. The van der Waals surface area contributed by atoms with E-state index < -0.39 is 60.5 Å². The maximum absolute atomic E-state index is 15.8. The average molecular weight is 578 g/mol. The van der Waals surface area contributed by atoms with Gasteiger partial charge >= 0.3 is 5.97 Å². The van der Waals surface area contributed by atoms with Crippen LogP contribution in [0.1, 0.15) is 28.9 Å². The van der Waals surface area contributed by atoms with Crippen LogP contribution in [-0.4, -0.2) is 60.2 Å². The molecule has 0 spiro atoms. The molecule has 0 heterocycles. The van der Waals surface area contributed by atoms with E-state index in [2.05, 4.69) is 0 Å². The lowest BCUT2D eigenvalue weighted by atomic mass is 10.0. The molecule has 0 saturated carbocycles. The van der Waals surface area contributed by atoms with Crippen molar-refractivity contribution in [1.29, 1.82) is 0 Å². The highest BCUT2D eigenvalue weighted by Gasteiger charge is 2.34. The molecule has 0 fully saturated rings. The quantitative estimate of drug-likeness (QED) is 0.102. The number of hydrogen-bond acceptors (Lipinski definition) is 10. The second-order valence-corrected chi connectivity index (χ2v) is 8.40. The minimum Gasteiger partial charge on any atom is -0.460 e. The Morgan fingerprint density at radius 2 is 1.29 bits per heavy atom.